The Morgan fingerprint density at radius 2 is 1.21 bits per heavy atom. The number of benzene rings is 1. The minimum Gasteiger partial charge on any atom is -0.484 e. The van der Waals surface area contributed by atoms with Crippen molar-refractivity contribution in [1.29, 1.82) is 0 Å². The third kappa shape index (κ3) is 2.02. The lowest BCUT2D eigenvalue weighted by Crippen LogP contribution is -2.25. The lowest BCUT2D eigenvalue weighted by atomic mass is 9.92. The Balaban J connectivity index is 2.07. The van der Waals surface area contributed by atoms with Crippen LogP contribution in [0, 0.1) is 0 Å². The first-order valence-corrected chi connectivity index (χ1v) is 6.05. The molecule has 0 N–H and O–H groups in total. The quantitative estimate of drug-likeness (QED) is 0.704. The monoisotopic (exact) mass is 260 g/mol. The number of allylic oxidation sites excluding steroid dienone is 2. The van der Waals surface area contributed by atoms with E-state index in [0.717, 1.165) is 0 Å². The molecule has 0 amide bonds. The molecule has 1 aliphatic heterocycles. The molecular formula is C14H12O5. The number of Topliss-reactive ketones (excluding diaryl/α,β-unsaturated/α-hetero) is 2. The Morgan fingerprint density at radius 1 is 0.737 bits per heavy atom. The van der Waals surface area contributed by atoms with Crippen LogP contribution in [-0.2, 0) is 14.2 Å². The molecule has 1 heterocycles. The Labute approximate surface area is 109 Å². The summed E-state index contributed by atoms with van der Waals surface area (Å²) in [6, 6.07) is 6.67. The predicted molar refractivity (Wildman–Crippen MR) is 64.9 cm³/mol. The standard InChI is InChI=1S/C14H12O5/c15-11-9-3-1-2-4-10(9)12(16)14-13(11)18-7-5-17-6-8-19-14/h1-4H,5-8H2. The third-order valence-corrected chi connectivity index (χ3v) is 2.98. The molecule has 5 nitrogen and oxygen atoms in total. The lowest BCUT2D eigenvalue weighted by Gasteiger charge is -2.19. The molecule has 0 bridgehead atoms. The number of ether oxygens (including phenoxy) is 3. The minimum atomic E-state index is -0.313. The molecule has 2 aliphatic rings. The van der Waals surface area contributed by atoms with Gasteiger partial charge in [0.1, 0.15) is 13.2 Å². The fourth-order valence-corrected chi connectivity index (χ4v) is 2.10. The van der Waals surface area contributed by atoms with Crippen LogP contribution in [0.5, 0.6) is 0 Å². The molecule has 1 aliphatic carbocycles. The van der Waals surface area contributed by atoms with Crippen molar-refractivity contribution in [2.45, 2.75) is 0 Å². The summed E-state index contributed by atoms with van der Waals surface area (Å²) in [5, 5.41) is 0. The molecule has 19 heavy (non-hydrogen) atoms. The van der Waals surface area contributed by atoms with Gasteiger partial charge in [-0.25, -0.2) is 0 Å². The van der Waals surface area contributed by atoms with Crippen LogP contribution in [0.25, 0.3) is 0 Å². The Kier molecular flexibility index (Phi) is 3.05. The van der Waals surface area contributed by atoms with E-state index in [9.17, 15) is 9.59 Å². The van der Waals surface area contributed by atoms with E-state index in [1.165, 1.54) is 0 Å². The molecule has 0 spiro atoms. The second-order valence-corrected chi connectivity index (χ2v) is 4.17. The number of rotatable bonds is 0. The molecule has 0 saturated heterocycles. The maximum atomic E-state index is 12.3. The highest BCUT2D eigenvalue weighted by molar-refractivity contribution is 6.25. The molecule has 0 aromatic heterocycles. The van der Waals surface area contributed by atoms with Crippen molar-refractivity contribution in [2.75, 3.05) is 26.4 Å². The van der Waals surface area contributed by atoms with Gasteiger partial charge in [-0.2, -0.15) is 0 Å². The number of hydrogen-bond donors (Lipinski definition) is 0. The zero-order valence-corrected chi connectivity index (χ0v) is 10.2. The number of ketones is 2. The van der Waals surface area contributed by atoms with Crippen molar-refractivity contribution in [2.24, 2.45) is 0 Å². The van der Waals surface area contributed by atoms with E-state index < -0.39 is 0 Å². The summed E-state index contributed by atoms with van der Waals surface area (Å²) in [4.78, 5) is 24.6. The summed E-state index contributed by atoms with van der Waals surface area (Å²) in [5.74, 6) is -0.636. The number of carbonyl (C=O) groups excluding carboxylic acids is 2. The van der Waals surface area contributed by atoms with E-state index in [1.54, 1.807) is 24.3 Å². The highest BCUT2D eigenvalue weighted by Crippen LogP contribution is 2.27. The van der Waals surface area contributed by atoms with E-state index in [4.69, 9.17) is 14.2 Å². The zero-order chi connectivity index (χ0) is 13.2. The van der Waals surface area contributed by atoms with E-state index >= 15 is 0 Å². The van der Waals surface area contributed by atoms with Crippen LogP contribution in [0.4, 0.5) is 0 Å². The van der Waals surface area contributed by atoms with Crippen LogP contribution in [0.3, 0.4) is 0 Å². The zero-order valence-electron chi connectivity index (χ0n) is 10.2. The van der Waals surface area contributed by atoms with Gasteiger partial charge in [-0.15, -0.1) is 0 Å². The van der Waals surface area contributed by atoms with E-state index in [0.29, 0.717) is 24.3 Å². The van der Waals surface area contributed by atoms with Crippen LogP contribution >= 0.6 is 0 Å². The fraction of sp³-hybridized carbons (Fsp3) is 0.286. The molecule has 0 unspecified atom stereocenters. The second kappa shape index (κ2) is 4.85. The van der Waals surface area contributed by atoms with Gasteiger partial charge in [-0.1, -0.05) is 24.3 Å². The summed E-state index contributed by atoms with van der Waals surface area (Å²) < 4.78 is 15.9. The predicted octanol–water partition coefficient (Wildman–Crippen LogP) is 1.34. The lowest BCUT2D eigenvalue weighted by molar-refractivity contribution is 0.0604. The molecular weight excluding hydrogens is 248 g/mol. The maximum Gasteiger partial charge on any atom is 0.232 e. The molecule has 3 rings (SSSR count). The second-order valence-electron chi connectivity index (χ2n) is 4.17. The molecule has 0 fully saturated rings. The van der Waals surface area contributed by atoms with Crippen LogP contribution in [0.15, 0.2) is 35.8 Å². The average Bonchev–Trinajstić information content (AvgIpc) is 2.56. The summed E-state index contributed by atoms with van der Waals surface area (Å²) in [5.41, 5.74) is 0.713. The smallest absolute Gasteiger partial charge is 0.232 e. The first kappa shape index (κ1) is 11.9. The Morgan fingerprint density at radius 3 is 1.68 bits per heavy atom. The summed E-state index contributed by atoms with van der Waals surface area (Å²) in [6.07, 6.45) is 0. The highest BCUT2D eigenvalue weighted by atomic mass is 16.6. The Hall–Kier alpha value is -2.14. The average molecular weight is 260 g/mol. The fourth-order valence-electron chi connectivity index (χ4n) is 2.10. The van der Waals surface area contributed by atoms with Crippen molar-refractivity contribution in [3.05, 3.63) is 46.9 Å². The number of hydrogen-bond acceptors (Lipinski definition) is 5. The van der Waals surface area contributed by atoms with Gasteiger partial charge in [0.15, 0.2) is 0 Å². The van der Waals surface area contributed by atoms with Crippen molar-refractivity contribution >= 4 is 11.6 Å². The Bertz CT molecular complexity index is 524. The van der Waals surface area contributed by atoms with Gasteiger partial charge in [-0.3, -0.25) is 9.59 Å². The van der Waals surface area contributed by atoms with Crippen molar-refractivity contribution in [3.8, 4) is 0 Å². The molecule has 0 radical (unpaired) electrons. The molecule has 1 aromatic rings. The van der Waals surface area contributed by atoms with Crippen LogP contribution in [-0.4, -0.2) is 38.0 Å². The van der Waals surface area contributed by atoms with Gasteiger partial charge < -0.3 is 14.2 Å². The van der Waals surface area contributed by atoms with E-state index in [-0.39, 0.29) is 36.3 Å². The summed E-state index contributed by atoms with van der Waals surface area (Å²) in [6.45, 7) is 1.18. The SMILES string of the molecule is O=C1C2=C(OCCOCCO2)C(=O)c2ccccc21. The maximum absolute atomic E-state index is 12.3. The van der Waals surface area contributed by atoms with Gasteiger partial charge in [0.25, 0.3) is 0 Å². The summed E-state index contributed by atoms with van der Waals surface area (Å²) in [7, 11) is 0. The first-order valence-electron chi connectivity index (χ1n) is 6.05. The molecule has 0 atom stereocenters. The van der Waals surface area contributed by atoms with Crippen molar-refractivity contribution < 1.29 is 23.8 Å². The van der Waals surface area contributed by atoms with Gasteiger partial charge in [-0.05, 0) is 0 Å². The van der Waals surface area contributed by atoms with E-state index in [1.807, 2.05) is 0 Å². The topological polar surface area (TPSA) is 61.8 Å². The van der Waals surface area contributed by atoms with Gasteiger partial charge >= 0.3 is 0 Å². The molecule has 0 saturated carbocycles. The van der Waals surface area contributed by atoms with Gasteiger partial charge in [0.05, 0.1) is 13.2 Å². The minimum absolute atomic E-state index is 0.00537. The largest absolute Gasteiger partial charge is 0.484 e. The van der Waals surface area contributed by atoms with Crippen molar-refractivity contribution in [3.63, 3.8) is 0 Å². The molecule has 98 valence electrons. The summed E-state index contributed by atoms with van der Waals surface area (Å²) >= 11 is 0. The highest BCUT2D eigenvalue weighted by Gasteiger charge is 2.35. The molecule has 5 heteroatoms. The first-order chi connectivity index (χ1) is 9.29. The van der Waals surface area contributed by atoms with Crippen LogP contribution < -0.4 is 0 Å². The normalized spacial score (nSPS) is 19.4. The number of fused-ring (bicyclic) bond motifs is 1. The van der Waals surface area contributed by atoms with Gasteiger partial charge in [0.2, 0.25) is 23.1 Å². The molecule has 1 aromatic carbocycles. The van der Waals surface area contributed by atoms with Crippen LogP contribution in [0.1, 0.15) is 20.7 Å². The number of carbonyl (C=O) groups is 2. The van der Waals surface area contributed by atoms with Crippen LogP contribution in [0.2, 0.25) is 0 Å². The van der Waals surface area contributed by atoms with Crippen molar-refractivity contribution in [1.82, 2.24) is 0 Å². The van der Waals surface area contributed by atoms with E-state index in [2.05, 4.69) is 0 Å². The van der Waals surface area contributed by atoms with Gasteiger partial charge in [0, 0.05) is 11.1 Å². The third-order valence-electron chi connectivity index (χ3n) is 2.98.